The van der Waals surface area contributed by atoms with Gasteiger partial charge in [-0.3, -0.25) is 4.79 Å². The van der Waals surface area contributed by atoms with Crippen LogP contribution >= 0.6 is 0 Å². The number of halogens is 1. The highest BCUT2D eigenvalue weighted by Crippen LogP contribution is 2.20. The molecule has 0 fully saturated rings. The van der Waals surface area contributed by atoms with Gasteiger partial charge in [0.25, 0.3) is 5.91 Å². The maximum atomic E-state index is 14.1. The summed E-state index contributed by atoms with van der Waals surface area (Å²) in [5.41, 5.74) is 1.80. The quantitative estimate of drug-likeness (QED) is 0.935. The lowest BCUT2D eigenvalue weighted by molar-refractivity contribution is 0.0989. The number of rotatable bonds is 3. The van der Waals surface area contributed by atoms with Crippen LogP contribution in [0.15, 0.2) is 36.5 Å². The first-order chi connectivity index (χ1) is 9.54. The summed E-state index contributed by atoms with van der Waals surface area (Å²) in [6.45, 7) is 1.97. The third kappa shape index (κ3) is 2.61. The van der Waals surface area contributed by atoms with Crippen LogP contribution in [0.1, 0.15) is 15.9 Å². The monoisotopic (exact) mass is 273 g/mol. The zero-order valence-electron chi connectivity index (χ0n) is 11.6. The van der Waals surface area contributed by atoms with E-state index >= 15 is 0 Å². The fourth-order valence-electron chi connectivity index (χ4n) is 1.85. The van der Waals surface area contributed by atoms with E-state index < -0.39 is 11.7 Å². The van der Waals surface area contributed by atoms with Crippen LogP contribution in [0.2, 0.25) is 0 Å². The van der Waals surface area contributed by atoms with Crippen LogP contribution in [-0.4, -0.2) is 25.0 Å². The van der Waals surface area contributed by atoms with Gasteiger partial charge in [0, 0.05) is 26.0 Å². The van der Waals surface area contributed by atoms with Crippen LogP contribution < -0.4 is 10.2 Å². The van der Waals surface area contributed by atoms with Gasteiger partial charge < -0.3 is 10.2 Å². The van der Waals surface area contributed by atoms with Crippen molar-refractivity contribution in [3.63, 3.8) is 0 Å². The van der Waals surface area contributed by atoms with Crippen LogP contribution in [0.4, 0.5) is 15.9 Å². The fourth-order valence-corrected chi connectivity index (χ4v) is 1.85. The van der Waals surface area contributed by atoms with E-state index in [1.165, 1.54) is 17.2 Å². The van der Waals surface area contributed by atoms with E-state index in [1.54, 1.807) is 14.1 Å². The lowest BCUT2D eigenvalue weighted by atomic mass is 10.2. The average Bonchev–Trinajstić information content (AvgIpc) is 2.47. The molecule has 5 heteroatoms. The summed E-state index contributed by atoms with van der Waals surface area (Å²) >= 11 is 0. The second-order valence-corrected chi connectivity index (χ2v) is 4.47. The van der Waals surface area contributed by atoms with Gasteiger partial charge in [-0.2, -0.15) is 0 Å². The van der Waals surface area contributed by atoms with Crippen molar-refractivity contribution >= 4 is 17.4 Å². The largest absolute Gasteiger partial charge is 0.371 e. The Morgan fingerprint density at radius 1 is 1.25 bits per heavy atom. The molecular formula is C15H16FN3O. The lowest BCUT2D eigenvalue weighted by Gasteiger charge is -2.18. The number of aromatic nitrogens is 1. The molecule has 20 heavy (non-hydrogen) atoms. The number of nitrogens with one attached hydrogen (secondary N) is 1. The summed E-state index contributed by atoms with van der Waals surface area (Å²) in [7, 11) is 3.18. The van der Waals surface area contributed by atoms with Gasteiger partial charge in [0.2, 0.25) is 0 Å². The third-order valence-corrected chi connectivity index (χ3v) is 3.08. The van der Waals surface area contributed by atoms with E-state index in [2.05, 4.69) is 10.3 Å². The molecule has 104 valence electrons. The Kier molecular flexibility index (Phi) is 3.98. The summed E-state index contributed by atoms with van der Waals surface area (Å²) in [6, 6.07) is 8.84. The normalized spacial score (nSPS) is 10.2. The van der Waals surface area contributed by atoms with Gasteiger partial charge in [-0.1, -0.05) is 17.7 Å². The molecule has 0 bridgehead atoms. The minimum Gasteiger partial charge on any atom is -0.371 e. The second kappa shape index (κ2) is 5.69. The van der Waals surface area contributed by atoms with Crippen molar-refractivity contribution in [2.75, 3.05) is 24.3 Å². The van der Waals surface area contributed by atoms with Crippen molar-refractivity contribution in [2.45, 2.75) is 6.92 Å². The van der Waals surface area contributed by atoms with Crippen molar-refractivity contribution in [1.82, 2.24) is 4.98 Å². The van der Waals surface area contributed by atoms with Gasteiger partial charge in [0.05, 0.1) is 5.56 Å². The molecule has 1 heterocycles. The van der Waals surface area contributed by atoms with Gasteiger partial charge in [0.1, 0.15) is 0 Å². The Hall–Kier alpha value is -2.43. The highest BCUT2D eigenvalue weighted by atomic mass is 19.1. The summed E-state index contributed by atoms with van der Waals surface area (Å²) < 4.78 is 14.1. The number of carbonyl (C=O) groups excluding carboxylic acids is 1. The van der Waals surface area contributed by atoms with Gasteiger partial charge in [0.15, 0.2) is 11.6 Å². The summed E-state index contributed by atoms with van der Waals surface area (Å²) in [4.78, 5) is 17.6. The van der Waals surface area contributed by atoms with Crippen LogP contribution in [0.25, 0.3) is 0 Å². The molecule has 0 spiro atoms. The van der Waals surface area contributed by atoms with Gasteiger partial charge in [-0.15, -0.1) is 0 Å². The van der Waals surface area contributed by atoms with Crippen LogP contribution in [0.5, 0.6) is 0 Å². The molecule has 1 aromatic carbocycles. The molecule has 2 rings (SSSR count). The Morgan fingerprint density at radius 3 is 2.50 bits per heavy atom. The Labute approximate surface area is 117 Å². The number of pyridine rings is 1. The van der Waals surface area contributed by atoms with E-state index in [4.69, 9.17) is 0 Å². The van der Waals surface area contributed by atoms with Crippen molar-refractivity contribution in [3.8, 4) is 0 Å². The molecular weight excluding hydrogens is 257 g/mol. The van der Waals surface area contributed by atoms with Crippen LogP contribution in [0.3, 0.4) is 0 Å². The molecule has 0 aliphatic rings. The third-order valence-electron chi connectivity index (χ3n) is 3.08. The molecule has 1 aromatic heterocycles. The highest BCUT2D eigenvalue weighted by Gasteiger charge is 2.19. The summed E-state index contributed by atoms with van der Waals surface area (Å²) in [6.07, 6.45) is 1.41. The number of amides is 1. The SMILES string of the molecule is CNc1nccc(C(=O)N(C)c2ccc(C)cc2)c1F. The van der Waals surface area contributed by atoms with Crippen LogP contribution in [-0.2, 0) is 0 Å². The lowest BCUT2D eigenvalue weighted by Crippen LogP contribution is -2.27. The van der Waals surface area contributed by atoms with Crippen molar-refractivity contribution in [3.05, 3.63) is 53.5 Å². The van der Waals surface area contributed by atoms with Crippen molar-refractivity contribution in [1.29, 1.82) is 0 Å². The van der Waals surface area contributed by atoms with Gasteiger partial charge >= 0.3 is 0 Å². The molecule has 0 aliphatic heterocycles. The van der Waals surface area contributed by atoms with E-state index in [1.807, 2.05) is 31.2 Å². The molecule has 0 aliphatic carbocycles. The molecule has 4 nitrogen and oxygen atoms in total. The van der Waals surface area contributed by atoms with E-state index in [9.17, 15) is 9.18 Å². The fraction of sp³-hybridized carbons (Fsp3) is 0.200. The smallest absolute Gasteiger partial charge is 0.261 e. The molecule has 2 aromatic rings. The Balaban J connectivity index is 2.34. The number of carbonyl (C=O) groups is 1. The first kappa shape index (κ1) is 14.0. The number of anilines is 2. The zero-order chi connectivity index (χ0) is 14.7. The second-order valence-electron chi connectivity index (χ2n) is 4.47. The standard InChI is InChI=1S/C15H16FN3O/c1-10-4-6-11(7-5-10)19(3)15(20)12-8-9-18-14(17-2)13(12)16/h4-9H,1-3H3,(H,17,18). The molecule has 1 N–H and O–H groups in total. The molecule has 1 amide bonds. The van der Waals surface area contributed by atoms with E-state index in [-0.39, 0.29) is 11.4 Å². The Bertz CT molecular complexity index is 626. The van der Waals surface area contributed by atoms with Crippen molar-refractivity contribution in [2.24, 2.45) is 0 Å². The van der Waals surface area contributed by atoms with Crippen molar-refractivity contribution < 1.29 is 9.18 Å². The highest BCUT2D eigenvalue weighted by molar-refractivity contribution is 6.06. The Morgan fingerprint density at radius 2 is 1.90 bits per heavy atom. The van der Waals surface area contributed by atoms with Gasteiger partial charge in [-0.25, -0.2) is 9.37 Å². The zero-order valence-corrected chi connectivity index (χ0v) is 11.6. The average molecular weight is 273 g/mol. The topological polar surface area (TPSA) is 45.2 Å². The minimum atomic E-state index is -0.640. The molecule has 0 saturated carbocycles. The summed E-state index contributed by atoms with van der Waals surface area (Å²) in [5.74, 6) is -0.989. The predicted octanol–water partition coefficient (Wildman–Crippen LogP) is 2.85. The van der Waals surface area contributed by atoms with Crippen LogP contribution in [0, 0.1) is 12.7 Å². The first-order valence-corrected chi connectivity index (χ1v) is 6.21. The summed E-state index contributed by atoms with van der Waals surface area (Å²) in [5, 5.41) is 2.62. The van der Waals surface area contributed by atoms with Gasteiger partial charge in [-0.05, 0) is 25.1 Å². The number of hydrogen-bond acceptors (Lipinski definition) is 3. The number of hydrogen-bond donors (Lipinski definition) is 1. The molecule has 0 saturated heterocycles. The minimum absolute atomic E-state index is 0.00701. The number of aryl methyl sites for hydroxylation is 1. The van der Waals surface area contributed by atoms with E-state index in [0.717, 1.165) is 5.56 Å². The van der Waals surface area contributed by atoms with E-state index in [0.29, 0.717) is 5.69 Å². The maximum absolute atomic E-state index is 14.1. The first-order valence-electron chi connectivity index (χ1n) is 6.21. The maximum Gasteiger partial charge on any atom is 0.261 e. The number of benzene rings is 1. The molecule has 0 atom stereocenters. The number of nitrogens with zero attached hydrogens (tertiary/aromatic N) is 2. The molecule has 0 radical (unpaired) electrons. The molecule has 0 unspecified atom stereocenters. The predicted molar refractivity (Wildman–Crippen MR) is 77.7 cm³/mol.